The number of aliphatic imine (C=N–C) groups is 1. The molecule has 0 bridgehead atoms. The molecule has 1 amide bonds. The number of allylic oxidation sites excluding steroid dienone is 1. The van der Waals surface area contributed by atoms with E-state index in [2.05, 4.69) is 21.9 Å². The van der Waals surface area contributed by atoms with Gasteiger partial charge < -0.3 is 25.1 Å². The fraction of sp³-hybridized carbons (Fsp3) is 0.429. The highest BCUT2D eigenvalue weighted by Crippen LogP contribution is 2.48. The summed E-state index contributed by atoms with van der Waals surface area (Å²) in [6.45, 7) is 13.3. The number of amides is 1. The summed E-state index contributed by atoms with van der Waals surface area (Å²) in [6, 6.07) is -0.309. The normalized spacial score (nSPS) is 23.9. The summed E-state index contributed by atoms with van der Waals surface area (Å²) in [5.74, 6) is -4.15. The number of hydrogen-bond donors (Lipinski definition) is 4. The fourth-order valence-corrected chi connectivity index (χ4v) is 7.36. The van der Waals surface area contributed by atoms with Crippen molar-refractivity contribution in [3.05, 3.63) is 74.5 Å². The number of H-pyrrole nitrogens is 2. The number of hydrogen-bond acceptors (Lipinski definition) is 7. The Kier molecular flexibility index (Phi) is 8.88. The van der Waals surface area contributed by atoms with E-state index in [0.29, 0.717) is 58.6 Å². The predicted molar refractivity (Wildman–Crippen MR) is 172 cm³/mol. The highest BCUT2D eigenvalue weighted by Gasteiger charge is 2.48. The third-order valence-electron chi connectivity index (χ3n) is 9.99. The average molecular weight is 629 g/mol. The van der Waals surface area contributed by atoms with Crippen molar-refractivity contribution >= 4 is 41.2 Å². The van der Waals surface area contributed by atoms with Gasteiger partial charge in [-0.1, -0.05) is 26.5 Å². The van der Waals surface area contributed by atoms with Gasteiger partial charge in [-0.15, -0.1) is 0 Å². The Morgan fingerprint density at radius 2 is 1.83 bits per heavy atom. The van der Waals surface area contributed by atoms with Crippen molar-refractivity contribution in [2.24, 2.45) is 22.7 Å². The van der Waals surface area contributed by atoms with Crippen molar-refractivity contribution in [3.8, 4) is 0 Å². The second-order valence-electron chi connectivity index (χ2n) is 12.3. The van der Waals surface area contributed by atoms with Crippen LogP contribution in [0.25, 0.3) is 5.57 Å². The largest absolute Gasteiger partial charge is 0.481 e. The highest BCUT2D eigenvalue weighted by atomic mass is 16.5. The molecule has 2 aromatic heterocycles. The topological polar surface area (TPSA) is 171 Å². The van der Waals surface area contributed by atoms with Crippen LogP contribution in [0.15, 0.2) is 34.5 Å². The number of carbonyl (C=O) groups is 5. The third kappa shape index (κ3) is 5.27. The number of esters is 1. The molecule has 2 aliphatic heterocycles. The lowest BCUT2D eigenvalue weighted by molar-refractivity contribution is -0.142. The molecular formula is C35H40N4O7. The van der Waals surface area contributed by atoms with Gasteiger partial charge in [0.1, 0.15) is 5.92 Å². The first kappa shape index (κ1) is 32.6. The second kappa shape index (κ2) is 12.5. The van der Waals surface area contributed by atoms with Crippen LogP contribution in [0.4, 0.5) is 0 Å². The number of ether oxygens (including phenoxy) is 1. The number of carboxylic acid groups (broad SMARTS) is 1. The van der Waals surface area contributed by atoms with Gasteiger partial charge in [-0.25, -0.2) is 0 Å². The maximum atomic E-state index is 14.0. The molecule has 4 atom stereocenters. The third-order valence-corrected chi connectivity index (χ3v) is 9.99. The van der Waals surface area contributed by atoms with Gasteiger partial charge in [-0.05, 0) is 55.9 Å². The van der Waals surface area contributed by atoms with Crippen LogP contribution in [0.3, 0.4) is 0 Å². The van der Waals surface area contributed by atoms with Crippen LogP contribution in [0.1, 0.15) is 94.7 Å². The highest BCUT2D eigenvalue weighted by molar-refractivity contribution is 6.24. The van der Waals surface area contributed by atoms with Gasteiger partial charge in [0.15, 0.2) is 12.1 Å². The number of carboxylic acids is 1. The minimum Gasteiger partial charge on any atom is -0.481 e. The molecule has 46 heavy (non-hydrogen) atoms. The van der Waals surface area contributed by atoms with Crippen molar-refractivity contribution in [1.29, 1.82) is 0 Å². The van der Waals surface area contributed by atoms with Crippen LogP contribution < -0.4 is 5.32 Å². The van der Waals surface area contributed by atoms with Crippen LogP contribution in [0.5, 0.6) is 0 Å². The molecule has 11 heteroatoms. The Bertz CT molecular complexity index is 1780. The number of fused-ring (bicyclic) bond motifs is 1. The molecule has 0 spiro atoms. The Labute approximate surface area is 267 Å². The molecule has 4 N–H and O–H groups in total. The van der Waals surface area contributed by atoms with E-state index in [1.807, 2.05) is 34.6 Å². The van der Waals surface area contributed by atoms with Crippen molar-refractivity contribution in [2.75, 3.05) is 7.11 Å². The van der Waals surface area contributed by atoms with E-state index in [1.165, 1.54) is 13.2 Å². The summed E-state index contributed by atoms with van der Waals surface area (Å²) in [6.07, 6.45) is 3.96. The molecule has 0 aromatic carbocycles. The van der Waals surface area contributed by atoms with Gasteiger partial charge in [0.2, 0.25) is 0 Å². The van der Waals surface area contributed by atoms with E-state index in [9.17, 15) is 29.1 Å². The number of nitrogens with zero attached hydrogens (tertiary/aromatic N) is 1. The van der Waals surface area contributed by atoms with Crippen LogP contribution in [-0.4, -0.2) is 63.9 Å². The zero-order chi connectivity index (χ0) is 33.6. The first-order chi connectivity index (χ1) is 21.9. The molecule has 1 aliphatic carbocycles. The maximum Gasteiger partial charge on any atom is 0.321 e. The summed E-state index contributed by atoms with van der Waals surface area (Å²) in [7, 11) is 1.23. The minimum absolute atomic E-state index is 0.127. The number of Topliss-reactive ketones (excluding diaryl/α,β-unsaturated/α-hetero) is 1. The number of carbonyl (C=O) groups excluding carboxylic acids is 4. The van der Waals surface area contributed by atoms with Crippen LogP contribution in [-0.2, 0) is 32.0 Å². The summed E-state index contributed by atoms with van der Waals surface area (Å²) < 4.78 is 5.11. The Morgan fingerprint density at radius 3 is 2.41 bits per heavy atom. The first-order valence-corrected chi connectivity index (χ1v) is 15.5. The van der Waals surface area contributed by atoms with E-state index in [0.717, 1.165) is 40.1 Å². The summed E-state index contributed by atoms with van der Waals surface area (Å²) in [5, 5.41) is 12.6. The van der Waals surface area contributed by atoms with Gasteiger partial charge in [-0.2, -0.15) is 0 Å². The molecule has 4 heterocycles. The molecule has 3 aliphatic rings. The lowest BCUT2D eigenvalue weighted by Crippen LogP contribution is -2.32. The Hall–Kier alpha value is -4.80. The number of nitrogens with one attached hydrogen (secondary N) is 3. The molecule has 0 saturated heterocycles. The Morgan fingerprint density at radius 1 is 1.11 bits per heavy atom. The van der Waals surface area contributed by atoms with Gasteiger partial charge >= 0.3 is 11.9 Å². The lowest BCUT2D eigenvalue weighted by Gasteiger charge is -2.21. The molecule has 5 rings (SSSR count). The van der Waals surface area contributed by atoms with E-state index >= 15 is 0 Å². The van der Waals surface area contributed by atoms with Crippen molar-refractivity contribution in [3.63, 3.8) is 0 Å². The number of aliphatic carboxylic acids is 1. The number of ketones is 1. The van der Waals surface area contributed by atoms with E-state index in [-0.39, 0.29) is 30.7 Å². The number of rotatable bonds is 11. The standard InChI is InChI=1S/C35H40N4O7/c1-8-19-15(3)26(14-40)36-25(19)13-24-18(6)28-32(38-24)29(30(33(28)43)35(45)46-7)31-21(10-11-27(41)42)17(5)22(37-31)12-23-16(4)20(9-2)34(44)39-23/h9,14,17,21,23,30,36,38H,2,8,10-13H2,1,3-7H3,(H,39,44)(H,41,42)/b31-29-. The van der Waals surface area contributed by atoms with Gasteiger partial charge in [0, 0.05) is 64.9 Å². The number of aromatic amines is 2. The monoisotopic (exact) mass is 628 g/mol. The van der Waals surface area contributed by atoms with Crippen molar-refractivity contribution < 1.29 is 33.8 Å². The minimum atomic E-state index is -1.25. The summed E-state index contributed by atoms with van der Waals surface area (Å²) in [4.78, 5) is 74.8. The molecular weight excluding hydrogens is 588 g/mol. The van der Waals surface area contributed by atoms with Gasteiger partial charge in [0.05, 0.1) is 30.2 Å². The zero-order valence-electron chi connectivity index (χ0n) is 27.1. The average Bonchev–Trinajstić information content (AvgIpc) is 3.76. The predicted octanol–water partition coefficient (Wildman–Crippen LogP) is 4.58. The summed E-state index contributed by atoms with van der Waals surface area (Å²) >= 11 is 0. The molecule has 4 unspecified atom stereocenters. The van der Waals surface area contributed by atoms with E-state index in [1.54, 1.807) is 0 Å². The van der Waals surface area contributed by atoms with Crippen molar-refractivity contribution in [2.45, 2.75) is 72.8 Å². The molecule has 0 saturated carbocycles. The quantitative estimate of drug-likeness (QED) is 0.160. The number of aldehydes is 1. The zero-order valence-corrected chi connectivity index (χ0v) is 27.1. The van der Waals surface area contributed by atoms with Gasteiger partial charge in [-0.3, -0.25) is 29.0 Å². The SMILES string of the molecule is C=CC1=C(C)C(CC2=N/C(=C3\c4[nH]c(Cc5[nH]c(C=O)c(C)c5CC)c(C)c4C(=O)C3C(=O)OC)C(CCC(=O)O)C2C)NC1=O. The molecule has 0 fully saturated rings. The fourth-order valence-electron chi connectivity index (χ4n) is 7.36. The van der Waals surface area contributed by atoms with Crippen LogP contribution in [0, 0.1) is 31.6 Å². The van der Waals surface area contributed by atoms with Crippen molar-refractivity contribution in [1.82, 2.24) is 15.3 Å². The van der Waals surface area contributed by atoms with Gasteiger partial charge in [0.25, 0.3) is 5.91 Å². The Balaban J connectivity index is 1.66. The number of aromatic nitrogens is 2. The number of methoxy groups -OCH3 is 1. The maximum absolute atomic E-state index is 14.0. The molecule has 242 valence electrons. The van der Waals surface area contributed by atoms with E-state index < -0.39 is 29.6 Å². The molecule has 2 aromatic rings. The summed E-state index contributed by atoms with van der Waals surface area (Å²) in [5.41, 5.74) is 8.62. The van der Waals surface area contributed by atoms with E-state index in [4.69, 9.17) is 9.73 Å². The van der Waals surface area contributed by atoms with Crippen LogP contribution >= 0.6 is 0 Å². The molecule has 0 radical (unpaired) electrons. The smallest absolute Gasteiger partial charge is 0.321 e. The lowest BCUT2D eigenvalue weighted by atomic mass is 9.82. The van der Waals surface area contributed by atoms with Crippen LogP contribution in [0.2, 0.25) is 0 Å². The second-order valence-corrected chi connectivity index (χ2v) is 12.3. The first-order valence-electron chi connectivity index (χ1n) is 15.5. The molecule has 11 nitrogen and oxygen atoms in total.